The average Bonchev–Trinajstić information content (AvgIpc) is 2.46. The Bertz CT molecular complexity index is 149. The van der Waals surface area contributed by atoms with Crippen LogP contribution in [0.3, 0.4) is 0 Å². The average molecular weight is 212 g/mol. The largest absolute Gasteiger partial charge is 0.304 e. The Kier molecular flexibility index (Phi) is 6.26. The van der Waals surface area contributed by atoms with Crippen LogP contribution in [0.2, 0.25) is 0 Å². The summed E-state index contributed by atoms with van der Waals surface area (Å²) in [5.74, 6) is 0. The summed E-state index contributed by atoms with van der Waals surface area (Å²) < 4.78 is 0. The first-order chi connectivity index (χ1) is 7.20. The third-order valence-corrected chi connectivity index (χ3v) is 3.57. The second-order valence-corrected chi connectivity index (χ2v) is 5.18. The normalized spacial score (nSPS) is 19.8. The van der Waals surface area contributed by atoms with Crippen LogP contribution in [0.15, 0.2) is 0 Å². The number of likely N-dealkylation sites (tertiary alicyclic amines) is 1. The molecule has 2 nitrogen and oxygen atoms in total. The Labute approximate surface area is 95.6 Å². The van der Waals surface area contributed by atoms with Crippen LogP contribution in [0.25, 0.3) is 0 Å². The fourth-order valence-electron chi connectivity index (χ4n) is 2.16. The van der Waals surface area contributed by atoms with E-state index >= 15 is 0 Å². The summed E-state index contributed by atoms with van der Waals surface area (Å²) in [4.78, 5) is 5.10. The van der Waals surface area contributed by atoms with Gasteiger partial charge in [0.1, 0.15) is 0 Å². The number of hydrogen-bond acceptors (Lipinski definition) is 2. The van der Waals surface area contributed by atoms with Crippen molar-refractivity contribution in [1.82, 2.24) is 9.80 Å². The molecule has 0 aromatic rings. The summed E-state index contributed by atoms with van der Waals surface area (Å²) in [7, 11) is 2.23. The molecule has 0 saturated carbocycles. The Morgan fingerprint density at radius 1 is 1.07 bits per heavy atom. The van der Waals surface area contributed by atoms with Crippen molar-refractivity contribution in [2.75, 3.05) is 33.2 Å². The van der Waals surface area contributed by atoms with Gasteiger partial charge in [0.05, 0.1) is 0 Å². The third kappa shape index (κ3) is 5.53. The van der Waals surface area contributed by atoms with E-state index in [4.69, 9.17) is 0 Å². The number of nitrogens with zero attached hydrogens (tertiary/aromatic N) is 2. The van der Waals surface area contributed by atoms with Gasteiger partial charge in [-0.05, 0) is 66.3 Å². The minimum atomic E-state index is 0.689. The molecule has 0 aromatic heterocycles. The molecule has 0 bridgehead atoms. The Morgan fingerprint density at radius 2 is 1.67 bits per heavy atom. The summed E-state index contributed by atoms with van der Waals surface area (Å²) in [6.07, 6.45) is 7.06. The van der Waals surface area contributed by atoms with Gasteiger partial charge in [-0.15, -0.1) is 0 Å². The quantitative estimate of drug-likeness (QED) is 0.691. The van der Waals surface area contributed by atoms with Gasteiger partial charge in [-0.2, -0.15) is 0 Å². The number of rotatable bonds is 5. The molecule has 0 spiro atoms. The SMILES string of the molecule is CC(C)N(C)CCCN1CCCCCC1. The highest BCUT2D eigenvalue weighted by molar-refractivity contribution is 4.65. The van der Waals surface area contributed by atoms with E-state index in [2.05, 4.69) is 30.7 Å². The first-order valence-corrected chi connectivity index (χ1v) is 6.63. The molecule has 1 saturated heterocycles. The zero-order valence-corrected chi connectivity index (χ0v) is 10.8. The predicted octanol–water partition coefficient (Wildman–Crippen LogP) is 2.59. The van der Waals surface area contributed by atoms with Gasteiger partial charge < -0.3 is 9.80 Å². The third-order valence-electron chi connectivity index (χ3n) is 3.57. The van der Waals surface area contributed by atoms with Crippen molar-refractivity contribution in [2.24, 2.45) is 0 Å². The predicted molar refractivity (Wildman–Crippen MR) is 67.3 cm³/mol. The van der Waals surface area contributed by atoms with Crippen molar-refractivity contribution in [3.63, 3.8) is 0 Å². The van der Waals surface area contributed by atoms with Crippen molar-refractivity contribution < 1.29 is 0 Å². The lowest BCUT2D eigenvalue weighted by Gasteiger charge is -2.24. The highest BCUT2D eigenvalue weighted by atomic mass is 15.1. The zero-order valence-electron chi connectivity index (χ0n) is 10.8. The summed E-state index contributed by atoms with van der Waals surface area (Å²) in [6, 6.07) is 0.689. The second-order valence-electron chi connectivity index (χ2n) is 5.18. The molecule has 0 radical (unpaired) electrons. The lowest BCUT2D eigenvalue weighted by molar-refractivity contribution is 0.230. The van der Waals surface area contributed by atoms with Crippen molar-refractivity contribution >= 4 is 0 Å². The molecule has 1 aliphatic rings. The van der Waals surface area contributed by atoms with Crippen molar-refractivity contribution in [3.05, 3.63) is 0 Å². The smallest absolute Gasteiger partial charge is 0.00355 e. The van der Waals surface area contributed by atoms with Gasteiger partial charge >= 0.3 is 0 Å². The summed E-state index contributed by atoms with van der Waals surface area (Å²) in [6.45, 7) is 9.76. The first-order valence-electron chi connectivity index (χ1n) is 6.63. The molecule has 0 aromatic carbocycles. The lowest BCUT2D eigenvalue weighted by atomic mass is 10.2. The monoisotopic (exact) mass is 212 g/mol. The van der Waals surface area contributed by atoms with Gasteiger partial charge in [0.25, 0.3) is 0 Å². The molecule has 90 valence electrons. The molecule has 0 unspecified atom stereocenters. The van der Waals surface area contributed by atoms with Crippen LogP contribution in [0, 0.1) is 0 Å². The lowest BCUT2D eigenvalue weighted by Crippen LogP contribution is -2.32. The highest BCUT2D eigenvalue weighted by Gasteiger charge is 2.09. The number of hydrogen-bond donors (Lipinski definition) is 0. The van der Waals surface area contributed by atoms with E-state index in [-0.39, 0.29) is 0 Å². The molecule has 1 heterocycles. The van der Waals surface area contributed by atoms with Gasteiger partial charge in [0.2, 0.25) is 0 Å². The summed E-state index contributed by atoms with van der Waals surface area (Å²) >= 11 is 0. The minimum Gasteiger partial charge on any atom is -0.304 e. The van der Waals surface area contributed by atoms with E-state index in [1.165, 1.54) is 58.3 Å². The maximum absolute atomic E-state index is 2.65. The van der Waals surface area contributed by atoms with Crippen LogP contribution in [0.4, 0.5) is 0 Å². The molecule has 1 fully saturated rings. The van der Waals surface area contributed by atoms with E-state index in [1.807, 2.05) is 0 Å². The van der Waals surface area contributed by atoms with Crippen molar-refractivity contribution in [1.29, 1.82) is 0 Å². The maximum atomic E-state index is 2.65. The van der Waals surface area contributed by atoms with E-state index in [9.17, 15) is 0 Å². The maximum Gasteiger partial charge on any atom is 0.00355 e. The van der Waals surface area contributed by atoms with Crippen LogP contribution in [0.1, 0.15) is 46.0 Å². The molecule has 0 atom stereocenters. The van der Waals surface area contributed by atoms with E-state index in [0.717, 1.165) is 0 Å². The Balaban J connectivity index is 2.07. The molecule has 0 N–H and O–H groups in total. The van der Waals surface area contributed by atoms with Gasteiger partial charge in [-0.3, -0.25) is 0 Å². The standard InChI is InChI=1S/C13H28N2/c1-13(2)14(3)9-8-12-15-10-6-4-5-7-11-15/h13H,4-12H2,1-3H3. The van der Waals surface area contributed by atoms with Crippen molar-refractivity contribution in [3.8, 4) is 0 Å². The first kappa shape index (κ1) is 13.0. The van der Waals surface area contributed by atoms with Crippen LogP contribution in [-0.2, 0) is 0 Å². The summed E-state index contributed by atoms with van der Waals surface area (Å²) in [5.41, 5.74) is 0. The minimum absolute atomic E-state index is 0.689. The highest BCUT2D eigenvalue weighted by Crippen LogP contribution is 2.09. The van der Waals surface area contributed by atoms with Crippen LogP contribution in [-0.4, -0.2) is 49.1 Å². The zero-order chi connectivity index (χ0) is 11.1. The van der Waals surface area contributed by atoms with Gasteiger partial charge in [0, 0.05) is 6.04 Å². The van der Waals surface area contributed by atoms with E-state index in [1.54, 1.807) is 0 Å². The molecule has 2 heteroatoms. The molecule has 15 heavy (non-hydrogen) atoms. The fraction of sp³-hybridized carbons (Fsp3) is 1.00. The van der Waals surface area contributed by atoms with Gasteiger partial charge in [-0.1, -0.05) is 12.8 Å². The topological polar surface area (TPSA) is 6.48 Å². The summed E-state index contributed by atoms with van der Waals surface area (Å²) in [5, 5.41) is 0. The van der Waals surface area contributed by atoms with E-state index < -0.39 is 0 Å². The van der Waals surface area contributed by atoms with Crippen molar-refractivity contribution in [2.45, 2.75) is 52.0 Å². The fourth-order valence-corrected chi connectivity index (χ4v) is 2.16. The molecular weight excluding hydrogens is 184 g/mol. The second kappa shape index (κ2) is 7.24. The molecular formula is C13H28N2. The molecule has 0 aliphatic carbocycles. The Morgan fingerprint density at radius 3 is 2.20 bits per heavy atom. The van der Waals surface area contributed by atoms with Crippen LogP contribution in [0.5, 0.6) is 0 Å². The van der Waals surface area contributed by atoms with Gasteiger partial charge in [-0.25, -0.2) is 0 Å². The van der Waals surface area contributed by atoms with Gasteiger partial charge in [0.15, 0.2) is 0 Å². The molecule has 0 amide bonds. The van der Waals surface area contributed by atoms with Crippen LogP contribution < -0.4 is 0 Å². The van der Waals surface area contributed by atoms with Crippen LogP contribution >= 0.6 is 0 Å². The molecule has 1 aliphatic heterocycles. The van der Waals surface area contributed by atoms with E-state index in [0.29, 0.717) is 6.04 Å². The molecule has 1 rings (SSSR count). The Hall–Kier alpha value is -0.0800.